The topological polar surface area (TPSA) is 55.2 Å². The third-order valence-electron chi connectivity index (χ3n) is 5.13. The Kier molecular flexibility index (Phi) is 3.68. The summed E-state index contributed by atoms with van der Waals surface area (Å²) in [4.78, 5) is 11.2. The van der Waals surface area contributed by atoms with E-state index in [2.05, 4.69) is 45.5 Å². The molecular weight excluding hydrogens is 368 g/mol. The molecule has 0 saturated carbocycles. The van der Waals surface area contributed by atoms with Gasteiger partial charge in [-0.2, -0.15) is 0 Å². The zero-order valence-corrected chi connectivity index (χ0v) is 14.8. The molecule has 0 radical (unpaired) electrons. The van der Waals surface area contributed by atoms with E-state index >= 15 is 0 Å². The molecule has 1 aliphatic carbocycles. The Balaban J connectivity index is 1.86. The molecule has 0 spiro atoms. The van der Waals surface area contributed by atoms with E-state index in [1.165, 1.54) is 5.56 Å². The molecule has 2 aromatic carbocycles. The van der Waals surface area contributed by atoms with Gasteiger partial charge in [-0.25, -0.2) is 0 Å². The number of rotatable bonds is 2. The first-order chi connectivity index (χ1) is 11.6. The van der Waals surface area contributed by atoms with Crippen molar-refractivity contribution in [2.75, 3.05) is 5.32 Å². The molecule has 4 nitrogen and oxygen atoms in total. The molecular formula is C19H17BrN2O2. The average molecular weight is 385 g/mol. The van der Waals surface area contributed by atoms with Crippen molar-refractivity contribution in [3.8, 4) is 0 Å². The highest BCUT2D eigenvalue weighted by atomic mass is 79.9. The predicted octanol–water partition coefficient (Wildman–Crippen LogP) is 5.49. The van der Waals surface area contributed by atoms with Crippen molar-refractivity contribution in [1.29, 1.82) is 0 Å². The highest BCUT2D eigenvalue weighted by molar-refractivity contribution is 9.10. The lowest BCUT2D eigenvalue weighted by molar-refractivity contribution is -0.385. The van der Waals surface area contributed by atoms with Crippen molar-refractivity contribution in [1.82, 2.24) is 0 Å². The maximum Gasteiger partial charge on any atom is 0.275 e. The number of nitro benzene ring substituents is 1. The number of nitrogens with one attached hydrogen (secondary N) is 1. The van der Waals surface area contributed by atoms with E-state index in [0.29, 0.717) is 5.92 Å². The number of benzene rings is 2. The lowest BCUT2D eigenvalue weighted by Gasteiger charge is -2.38. The lowest BCUT2D eigenvalue weighted by atomic mass is 9.76. The van der Waals surface area contributed by atoms with Crippen molar-refractivity contribution in [3.63, 3.8) is 0 Å². The first-order valence-corrected chi connectivity index (χ1v) is 8.82. The summed E-state index contributed by atoms with van der Waals surface area (Å²) in [5, 5.41) is 15.1. The quantitative estimate of drug-likeness (QED) is 0.422. The molecule has 2 aromatic rings. The summed E-state index contributed by atoms with van der Waals surface area (Å²) in [6.45, 7) is 2.01. The molecule has 0 amide bonds. The third-order valence-corrected chi connectivity index (χ3v) is 5.66. The fourth-order valence-corrected chi connectivity index (χ4v) is 4.26. The minimum absolute atomic E-state index is 0.0928. The van der Waals surface area contributed by atoms with Crippen LogP contribution in [0.2, 0.25) is 0 Å². The van der Waals surface area contributed by atoms with Gasteiger partial charge in [0.1, 0.15) is 0 Å². The Morgan fingerprint density at radius 1 is 1.21 bits per heavy atom. The van der Waals surface area contributed by atoms with Gasteiger partial charge in [-0.3, -0.25) is 10.1 Å². The van der Waals surface area contributed by atoms with Crippen molar-refractivity contribution in [2.24, 2.45) is 5.92 Å². The molecule has 5 heteroatoms. The predicted molar refractivity (Wildman–Crippen MR) is 98.3 cm³/mol. The number of fused-ring (bicyclic) bond motifs is 3. The van der Waals surface area contributed by atoms with Crippen LogP contribution in [-0.4, -0.2) is 4.92 Å². The normalized spacial score (nSPS) is 24.2. The van der Waals surface area contributed by atoms with Gasteiger partial charge in [0.05, 0.1) is 16.5 Å². The second-order valence-corrected chi connectivity index (χ2v) is 7.39. The average Bonchev–Trinajstić information content (AvgIpc) is 3.05. The summed E-state index contributed by atoms with van der Waals surface area (Å²) in [6.07, 6.45) is 5.23. The van der Waals surface area contributed by atoms with Gasteiger partial charge in [0, 0.05) is 22.1 Å². The van der Waals surface area contributed by atoms with Crippen LogP contribution in [0, 0.1) is 23.0 Å². The summed E-state index contributed by atoms with van der Waals surface area (Å²) in [5.74, 6) is 0.398. The van der Waals surface area contributed by atoms with Gasteiger partial charge >= 0.3 is 0 Å². The summed E-state index contributed by atoms with van der Waals surface area (Å²) in [7, 11) is 0. The highest BCUT2D eigenvalue weighted by Gasteiger charge is 2.42. The van der Waals surface area contributed by atoms with E-state index in [1.54, 1.807) is 6.07 Å². The van der Waals surface area contributed by atoms with Crippen molar-refractivity contribution < 1.29 is 4.92 Å². The monoisotopic (exact) mass is 384 g/mol. The van der Waals surface area contributed by atoms with Crippen molar-refractivity contribution in [2.45, 2.75) is 25.3 Å². The van der Waals surface area contributed by atoms with Gasteiger partial charge in [-0.1, -0.05) is 46.3 Å². The van der Waals surface area contributed by atoms with E-state index in [4.69, 9.17) is 0 Å². The van der Waals surface area contributed by atoms with Crippen LogP contribution in [0.25, 0.3) is 0 Å². The number of anilines is 1. The van der Waals surface area contributed by atoms with Crippen LogP contribution in [-0.2, 0) is 0 Å². The minimum atomic E-state index is -0.261. The van der Waals surface area contributed by atoms with Crippen LogP contribution in [0.3, 0.4) is 0 Å². The highest BCUT2D eigenvalue weighted by Crippen LogP contribution is 2.53. The molecule has 24 heavy (non-hydrogen) atoms. The zero-order chi connectivity index (χ0) is 16.8. The van der Waals surface area contributed by atoms with Gasteiger partial charge < -0.3 is 5.32 Å². The second-order valence-electron chi connectivity index (χ2n) is 6.47. The van der Waals surface area contributed by atoms with Gasteiger partial charge in [-0.15, -0.1) is 0 Å². The summed E-state index contributed by atoms with van der Waals surface area (Å²) in [5.41, 5.74) is 4.25. The summed E-state index contributed by atoms with van der Waals surface area (Å²) < 4.78 is 1.05. The Morgan fingerprint density at radius 2 is 1.96 bits per heavy atom. The number of hydrogen-bond acceptors (Lipinski definition) is 3. The van der Waals surface area contributed by atoms with Gasteiger partial charge in [-0.05, 0) is 42.5 Å². The Bertz CT molecular complexity index is 845. The van der Waals surface area contributed by atoms with Gasteiger partial charge in [0.15, 0.2) is 0 Å². The molecule has 4 rings (SSSR count). The Labute approximate surface area is 148 Å². The summed E-state index contributed by atoms with van der Waals surface area (Å²) >= 11 is 3.48. The largest absolute Gasteiger partial charge is 0.377 e. The lowest BCUT2D eigenvalue weighted by Crippen LogP contribution is -2.30. The Morgan fingerprint density at radius 3 is 2.67 bits per heavy atom. The summed E-state index contributed by atoms with van der Waals surface area (Å²) in [6, 6.07) is 12.0. The zero-order valence-electron chi connectivity index (χ0n) is 13.2. The molecule has 0 bridgehead atoms. The van der Waals surface area contributed by atoms with Crippen molar-refractivity contribution in [3.05, 3.63) is 79.8 Å². The molecule has 0 saturated heterocycles. The van der Waals surface area contributed by atoms with E-state index in [-0.39, 0.29) is 22.6 Å². The Hall–Kier alpha value is -2.14. The molecule has 2 aliphatic rings. The number of hydrogen-bond donors (Lipinski definition) is 1. The van der Waals surface area contributed by atoms with Crippen LogP contribution in [0.5, 0.6) is 0 Å². The number of aryl methyl sites for hydroxylation is 1. The molecule has 3 atom stereocenters. The van der Waals surface area contributed by atoms with Crippen LogP contribution >= 0.6 is 15.9 Å². The van der Waals surface area contributed by atoms with E-state index in [0.717, 1.165) is 27.7 Å². The van der Waals surface area contributed by atoms with E-state index in [9.17, 15) is 10.1 Å². The molecule has 1 N–H and O–H groups in total. The fraction of sp³-hybridized carbons (Fsp3) is 0.263. The van der Waals surface area contributed by atoms with Crippen LogP contribution in [0.1, 0.15) is 35.1 Å². The fourth-order valence-electron chi connectivity index (χ4n) is 3.99. The molecule has 0 unspecified atom stereocenters. The first-order valence-electron chi connectivity index (χ1n) is 8.03. The number of allylic oxidation sites excluding steroid dienone is 2. The maximum atomic E-state index is 11.5. The van der Waals surface area contributed by atoms with Gasteiger partial charge in [0.2, 0.25) is 0 Å². The number of nitro groups is 1. The van der Waals surface area contributed by atoms with E-state index < -0.39 is 0 Å². The van der Waals surface area contributed by atoms with Crippen LogP contribution < -0.4 is 5.32 Å². The first kappa shape index (κ1) is 15.4. The van der Waals surface area contributed by atoms with E-state index in [1.807, 2.05) is 25.1 Å². The molecule has 0 aromatic heterocycles. The minimum Gasteiger partial charge on any atom is -0.377 e. The standard InChI is InChI=1S/C19H17BrN2O2/c1-11-5-10-16(22(23)24)17-14-3-2-4-15(14)19(21-18(11)17)12-6-8-13(20)9-7-12/h2-3,5-10,14-15,19,21H,4H2,1H3/t14-,15+,19+/m0/s1. The maximum absolute atomic E-state index is 11.5. The van der Waals surface area contributed by atoms with Crippen LogP contribution in [0.4, 0.5) is 11.4 Å². The number of nitrogens with zero attached hydrogens (tertiary/aromatic N) is 1. The molecule has 0 fully saturated rings. The SMILES string of the molecule is Cc1ccc([N+](=O)[O-])c2c1N[C@H](c1ccc(Br)cc1)[C@@H]1CC=C[C@H]21. The smallest absolute Gasteiger partial charge is 0.275 e. The molecule has 122 valence electrons. The third kappa shape index (κ3) is 2.35. The van der Waals surface area contributed by atoms with Crippen molar-refractivity contribution >= 4 is 27.3 Å². The van der Waals surface area contributed by atoms with Gasteiger partial charge in [0.25, 0.3) is 5.69 Å². The number of halogens is 1. The van der Waals surface area contributed by atoms with Crippen LogP contribution in [0.15, 0.2) is 53.0 Å². The molecule has 1 heterocycles. The second kappa shape index (κ2) is 5.74. The molecule has 1 aliphatic heterocycles.